The second-order valence-electron chi connectivity index (χ2n) is 5.00. The molecule has 1 heterocycles. The molecule has 0 bridgehead atoms. The van der Waals surface area contributed by atoms with Gasteiger partial charge < -0.3 is 10.6 Å². The van der Waals surface area contributed by atoms with Gasteiger partial charge in [-0.3, -0.25) is 4.79 Å². The van der Waals surface area contributed by atoms with E-state index in [9.17, 15) is 9.18 Å². The van der Waals surface area contributed by atoms with E-state index < -0.39 is 0 Å². The smallest absolute Gasteiger partial charge is 0.227 e. The van der Waals surface area contributed by atoms with Crippen LogP contribution in [-0.2, 0) is 17.8 Å². The molecule has 1 amide bonds. The maximum Gasteiger partial charge on any atom is 0.227 e. The Labute approximate surface area is 116 Å². The van der Waals surface area contributed by atoms with Gasteiger partial charge in [-0.25, -0.2) is 4.39 Å². The van der Waals surface area contributed by atoms with Crippen LogP contribution >= 0.6 is 0 Å². The number of nitrogen functional groups attached to an aromatic ring is 1. The van der Waals surface area contributed by atoms with Gasteiger partial charge in [0, 0.05) is 17.8 Å². The van der Waals surface area contributed by atoms with Crippen molar-refractivity contribution in [2.24, 2.45) is 0 Å². The van der Waals surface area contributed by atoms with E-state index in [0.29, 0.717) is 24.2 Å². The summed E-state index contributed by atoms with van der Waals surface area (Å²) >= 11 is 0. The molecule has 0 fully saturated rings. The first kappa shape index (κ1) is 12.7. The molecule has 1 aliphatic heterocycles. The van der Waals surface area contributed by atoms with Gasteiger partial charge in [-0.05, 0) is 41.8 Å². The molecule has 0 spiro atoms. The van der Waals surface area contributed by atoms with Crippen LogP contribution in [0.15, 0.2) is 42.5 Å². The highest BCUT2D eigenvalue weighted by Crippen LogP contribution is 2.29. The number of para-hydroxylation sites is 1. The van der Waals surface area contributed by atoms with Crippen LogP contribution in [0.25, 0.3) is 0 Å². The summed E-state index contributed by atoms with van der Waals surface area (Å²) < 4.78 is 13.4. The highest BCUT2D eigenvalue weighted by atomic mass is 19.1. The van der Waals surface area contributed by atoms with Crippen molar-refractivity contribution in [3.05, 3.63) is 59.4 Å². The number of hydrogen-bond acceptors (Lipinski definition) is 2. The lowest BCUT2D eigenvalue weighted by Crippen LogP contribution is -2.34. The molecular weight excluding hydrogens is 255 g/mol. The minimum absolute atomic E-state index is 0.0616. The summed E-state index contributed by atoms with van der Waals surface area (Å²) in [5, 5.41) is 0. The van der Waals surface area contributed by atoms with Crippen LogP contribution in [0.4, 0.5) is 15.8 Å². The fraction of sp³-hybridized carbons (Fsp3) is 0.188. The predicted octanol–water partition coefficient (Wildman–Crippen LogP) is 2.89. The molecule has 0 saturated heterocycles. The number of anilines is 2. The molecule has 2 aromatic carbocycles. The maximum atomic E-state index is 13.4. The minimum atomic E-state index is -0.377. The second kappa shape index (κ2) is 4.96. The van der Waals surface area contributed by atoms with Crippen molar-refractivity contribution >= 4 is 17.3 Å². The maximum absolute atomic E-state index is 13.4. The zero-order chi connectivity index (χ0) is 14.1. The van der Waals surface area contributed by atoms with Crippen LogP contribution in [0.3, 0.4) is 0 Å². The molecule has 0 aliphatic carbocycles. The standard InChI is InChI=1S/C16H15FN2O/c17-13-7-11(8-14(18)9-13)10-19-15-4-2-1-3-12(15)5-6-16(19)20/h1-4,7-9H,5-6,10,18H2. The van der Waals surface area contributed by atoms with E-state index in [0.717, 1.165) is 17.7 Å². The number of aryl methyl sites for hydroxylation is 1. The van der Waals surface area contributed by atoms with E-state index in [1.165, 1.54) is 12.1 Å². The molecule has 0 unspecified atom stereocenters. The van der Waals surface area contributed by atoms with Crippen molar-refractivity contribution in [1.29, 1.82) is 0 Å². The Bertz CT molecular complexity index is 649. The van der Waals surface area contributed by atoms with Crippen LogP contribution in [0, 0.1) is 5.82 Å². The lowest BCUT2D eigenvalue weighted by Gasteiger charge is -2.29. The lowest BCUT2D eigenvalue weighted by atomic mass is 10.0. The van der Waals surface area contributed by atoms with Crippen molar-refractivity contribution in [2.45, 2.75) is 19.4 Å². The fourth-order valence-corrected chi connectivity index (χ4v) is 2.62. The Kier molecular flexibility index (Phi) is 3.14. The summed E-state index contributed by atoms with van der Waals surface area (Å²) in [6.07, 6.45) is 1.25. The van der Waals surface area contributed by atoms with Crippen LogP contribution in [0.1, 0.15) is 17.5 Å². The third kappa shape index (κ3) is 2.37. The van der Waals surface area contributed by atoms with Crippen molar-refractivity contribution in [3.8, 4) is 0 Å². The largest absolute Gasteiger partial charge is 0.399 e. The summed E-state index contributed by atoms with van der Waals surface area (Å²) in [6, 6.07) is 12.2. The van der Waals surface area contributed by atoms with E-state index in [1.54, 1.807) is 11.0 Å². The number of rotatable bonds is 2. The Morgan fingerprint density at radius 1 is 1.15 bits per heavy atom. The number of carbonyl (C=O) groups is 1. The zero-order valence-electron chi connectivity index (χ0n) is 11.0. The van der Waals surface area contributed by atoms with E-state index in [4.69, 9.17) is 5.73 Å². The molecule has 1 aliphatic rings. The minimum Gasteiger partial charge on any atom is -0.399 e. The number of benzene rings is 2. The molecular formula is C16H15FN2O. The number of amides is 1. The third-order valence-electron chi connectivity index (χ3n) is 3.51. The predicted molar refractivity (Wildman–Crippen MR) is 76.8 cm³/mol. The molecule has 3 rings (SSSR count). The molecule has 102 valence electrons. The first-order chi connectivity index (χ1) is 9.63. The van der Waals surface area contributed by atoms with Crippen molar-refractivity contribution in [3.63, 3.8) is 0 Å². The fourth-order valence-electron chi connectivity index (χ4n) is 2.62. The monoisotopic (exact) mass is 270 g/mol. The average molecular weight is 270 g/mol. The SMILES string of the molecule is Nc1cc(F)cc(CN2C(=O)CCc3ccccc32)c1. The first-order valence-electron chi connectivity index (χ1n) is 6.57. The van der Waals surface area contributed by atoms with Crippen LogP contribution in [-0.4, -0.2) is 5.91 Å². The van der Waals surface area contributed by atoms with Gasteiger partial charge in [0.25, 0.3) is 0 Å². The lowest BCUT2D eigenvalue weighted by molar-refractivity contribution is -0.119. The summed E-state index contributed by atoms with van der Waals surface area (Å²) in [4.78, 5) is 13.8. The third-order valence-corrected chi connectivity index (χ3v) is 3.51. The number of halogens is 1. The molecule has 20 heavy (non-hydrogen) atoms. The number of fused-ring (bicyclic) bond motifs is 1. The number of hydrogen-bond donors (Lipinski definition) is 1. The van der Waals surface area contributed by atoms with Gasteiger partial charge in [-0.15, -0.1) is 0 Å². The van der Waals surface area contributed by atoms with Gasteiger partial charge in [-0.2, -0.15) is 0 Å². The van der Waals surface area contributed by atoms with Crippen molar-refractivity contribution < 1.29 is 9.18 Å². The molecule has 0 radical (unpaired) electrons. The van der Waals surface area contributed by atoms with Crippen molar-refractivity contribution in [2.75, 3.05) is 10.6 Å². The first-order valence-corrected chi connectivity index (χ1v) is 6.57. The zero-order valence-corrected chi connectivity index (χ0v) is 11.0. The molecule has 0 aromatic heterocycles. The highest BCUT2D eigenvalue weighted by molar-refractivity contribution is 5.96. The molecule has 2 N–H and O–H groups in total. The second-order valence-corrected chi connectivity index (χ2v) is 5.00. The molecule has 0 saturated carbocycles. The Morgan fingerprint density at radius 2 is 1.95 bits per heavy atom. The molecule has 3 nitrogen and oxygen atoms in total. The van der Waals surface area contributed by atoms with E-state index in [1.807, 2.05) is 24.3 Å². The normalized spacial score (nSPS) is 14.2. The van der Waals surface area contributed by atoms with Crippen LogP contribution in [0.2, 0.25) is 0 Å². The highest BCUT2D eigenvalue weighted by Gasteiger charge is 2.23. The van der Waals surface area contributed by atoms with Crippen LogP contribution in [0.5, 0.6) is 0 Å². The number of carbonyl (C=O) groups excluding carboxylic acids is 1. The van der Waals surface area contributed by atoms with Crippen molar-refractivity contribution in [1.82, 2.24) is 0 Å². The molecule has 4 heteroatoms. The number of nitrogens with two attached hydrogens (primary N) is 1. The summed E-state index contributed by atoms with van der Waals surface area (Å²) in [7, 11) is 0. The summed E-state index contributed by atoms with van der Waals surface area (Å²) in [5.74, 6) is -0.315. The molecule has 2 aromatic rings. The number of nitrogens with zero attached hydrogens (tertiary/aromatic N) is 1. The molecule has 0 atom stereocenters. The van der Waals surface area contributed by atoms with E-state index >= 15 is 0 Å². The van der Waals surface area contributed by atoms with Gasteiger partial charge in [0.05, 0.1) is 6.54 Å². The van der Waals surface area contributed by atoms with Gasteiger partial charge in [-0.1, -0.05) is 18.2 Å². The topological polar surface area (TPSA) is 46.3 Å². The van der Waals surface area contributed by atoms with E-state index in [2.05, 4.69) is 0 Å². The van der Waals surface area contributed by atoms with Crippen LogP contribution < -0.4 is 10.6 Å². The summed E-state index contributed by atoms with van der Waals surface area (Å²) in [6.45, 7) is 0.345. The Morgan fingerprint density at radius 3 is 2.75 bits per heavy atom. The Hall–Kier alpha value is -2.36. The quantitative estimate of drug-likeness (QED) is 0.853. The van der Waals surface area contributed by atoms with Gasteiger partial charge in [0.1, 0.15) is 5.82 Å². The Balaban J connectivity index is 1.95. The van der Waals surface area contributed by atoms with Gasteiger partial charge >= 0.3 is 0 Å². The van der Waals surface area contributed by atoms with E-state index in [-0.39, 0.29) is 11.7 Å². The average Bonchev–Trinajstić information content (AvgIpc) is 2.41. The summed E-state index contributed by atoms with van der Waals surface area (Å²) in [5.41, 5.74) is 8.78. The van der Waals surface area contributed by atoms with Gasteiger partial charge in [0.2, 0.25) is 5.91 Å². The van der Waals surface area contributed by atoms with Gasteiger partial charge in [0.15, 0.2) is 0 Å².